The number of nitrogens with one attached hydrogen (secondary N) is 3. The third-order valence-corrected chi connectivity index (χ3v) is 14.4. The average Bonchev–Trinajstić information content (AvgIpc) is 4.15. The third-order valence-electron chi connectivity index (χ3n) is 14.4. The molecule has 4 saturated heterocycles. The maximum Gasteiger partial charge on any atom is 0.284 e. The van der Waals surface area contributed by atoms with Crippen molar-refractivity contribution in [2.75, 3.05) is 54.9 Å². The van der Waals surface area contributed by atoms with Gasteiger partial charge in [-0.25, -0.2) is 18.3 Å². The van der Waals surface area contributed by atoms with E-state index in [4.69, 9.17) is 14.5 Å². The molecule has 65 heavy (non-hydrogen) atoms. The number of Topliss-reactive ketones (excluding diaryl/α,β-unsaturated/α-hetero) is 2. The van der Waals surface area contributed by atoms with E-state index in [2.05, 4.69) is 35.9 Å². The lowest BCUT2D eigenvalue weighted by Crippen LogP contribution is -2.46. The second-order valence-electron chi connectivity index (χ2n) is 18.6. The number of hydrogen-bond acceptors (Lipinski definition) is 13. The monoisotopic (exact) mass is 896 g/mol. The third kappa shape index (κ3) is 8.65. The van der Waals surface area contributed by atoms with E-state index in [9.17, 15) is 32.8 Å². The van der Waals surface area contributed by atoms with Crippen LogP contribution in [0.1, 0.15) is 120 Å². The molecule has 4 aromatic rings. The standard InChI is InChI=1S/C46H54F2N10O7/c1-25(11-15-49-34-4-2-3-31-38(34)42(61)39(41(31)60)32-9-10-37(59)53-45(32)62)65-29-12-16-55(17-13-29)21-26-5-7-27(8-6-26)58-23-35(40(54-58)43(47)48)51-46(63)33-20-50-57-18-14-36(52-44(33)57)56-22-30-19-28(56)24-64-30/h2-4,14,18,20,23,25-30,32,39,43,49H,5-13,15-17,19,21-22,24H2,1H3,(H,51,63)(H,53,59,62)/t25-,26?,27?,28-,30-,32?,39?/m1/s1. The van der Waals surface area contributed by atoms with Gasteiger partial charge in [-0.1, -0.05) is 12.1 Å². The number of likely N-dealkylation sites (tertiary alicyclic amines) is 1. The highest BCUT2D eigenvalue weighted by Gasteiger charge is 2.48. The SMILES string of the molecule is C[C@H](CCNc1cccc2c1C(=O)C(C1CCC(=O)NC1=O)C2=O)OC1CCN(CC2CCC(n3cc(NC(=O)c4cnn5ccc(N6C[C@H]7C[C@@H]6CO7)nc45)c(C(F)F)n3)CC2)CC1. The minimum atomic E-state index is -2.87. The topological polar surface area (TPSA) is 194 Å². The molecule has 4 aliphatic heterocycles. The van der Waals surface area contributed by atoms with E-state index >= 15 is 0 Å². The number of morpholine rings is 1. The van der Waals surface area contributed by atoms with Gasteiger partial charge in [0, 0.05) is 62.8 Å². The van der Waals surface area contributed by atoms with Crippen LogP contribution in [-0.4, -0.2) is 122 Å². The van der Waals surface area contributed by atoms with E-state index in [1.54, 1.807) is 29.1 Å². The molecule has 344 valence electrons. The van der Waals surface area contributed by atoms with Gasteiger partial charge in [0.2, 0.25) is 11.8 Å². The Labute approximate surface area is 373 Å². The average molecular weight is 897 g/mol. The summed E-state index contributed by atoms with van der Waals surface area (Å²) < 4.78 is 43.9. The van der Waals surface area contributed by atoms with Gasteiger partial charge < -0.3 is 29.9 Å². The number of rotatable bonds is 14. The van der Waals surface area contributed by atoms with Gasteiger partial charge in [0.25, 0.3) is 12.3 Å². The van der Waals surface area contributed by atoms with Gasteiger partial charge in [-0.05, 0) is 82.8 Å². The van der Waals surface area contributed by atoms with E-state index in [1.165, 1.54) is 16.9 Å². The molecule has 6 aliphatic rings. The normalized spacial score (nSPS) is 26.6. The molecule has 3 amide bonds. The summed E-state index contributed by atoms with van der Waals surface area (Å²) in [5.74, 6) is -3.03. The Kier molecular flexibility index (Phi) is 11.9. The van der Waals surface area contributed by atoms with Crippen LogP contribution in [-0.2, 0) is 19.1 Å². The summed E-state index contributed by atoms with van der Waals surface area (Å²) in [4.78, 5) is 73.9. The molecule has 7 heterocycles. The number of imide groups is 1. The lowest BCUT2D eigenvalue weighted by atomic mass is 9.82. The summed E-state index contributed by atoms with van der Waals surface area (Å²) in [6, 6.07) is 7.17. The van der Waals surface area contributed by atoms with Crippen LogP contribution in [0.4, 0.5) is 26.0 Å². The van der Waals surface area contributed by atoms with E-state index in [1.807, 2.05) is 13.0 Å². The fraction of sp³-hybridized carbons (Fsp3) is 0.565. The first-order valence-corrected chi connectivity index (χ1v) is 23.0. The molecule has 17 nitrogen and oxygen atoms in total. The Bertz CT molecular complexity index is 2500. The van der Waals surface area contributed by atoms with Crippen LogP contribution in [0.5, 0.6) is 0 Å². The fourth-order valence-corrected chi connectivity index (χ4v) is 10.9. The van der Waals surface area contributed by atoms with Gasteiger partial charge in [-0.15, -0.1) is 0 Å². The highest BCUT2D eigenvalue weighted by Crippen LogP contribution is 2.39. The maximum absolute atomic E-state index is 14.3. The van der Waals surface area contributed by atoms with Crippen molar-refractivity contribution in [1.29, 1.82) is 0 Å². The number of aromatic nitrogens is 5. The summed E-state index contributed by atoms with van der Waals surface area (Å²) in [7, 11) is 0. The number of fused-ring (bicyclic) bond motifs is 4. The summed E-state index contributed by atoms with van der Waals surface area (Å²) >= 11 is 0. The van der Waals surface area contributed by atoms with Crippen LogP contribution in [0.3, 0.4) is 0 Å². The molecule has 1 saturated carbocycles. The Balaban J connectivity index is 0.666. The zero-order chi connectivity index (χ0) is 44.9. The molecule has 2 bridgehead atoms. The largest absolute Gasteiger partial charge is 0.384 e. The maximum atomic E-state index is 14.3. The van der Waals surface area contributed by atoms with Crippen molar-refractivity contribution in [1.82, 2.24) is 34.6 Å². The predicted octanol–water partition coefficient (Wildman–Crippen LogP) is 5.24. The lowest BCUT2D eigenvalue weighted by molar-refractivity contribution is -0.137. The molecule has 3 aromatic heterocycles. The first-order chi connectivity index (χ1) is 31.5. The molecule has 3 N–H and O–H groups in total. The van der Waals surface area contributed by atoms with E-state index in [-0.39, 0.29) is 72.0 Å². The Morgan fingerprint density at radius 3 is 2.55 bits per heavy atom. The molecule has 0 radical (unpaired) electrons. The zero-order valence-electron chi connectivity index (χ0n) is 36.3. The minimum absolute atomic E-state index is 0.0115. The van der Waals surface area contributed by atoms with E-state index in [0.29, 0.717) is 48.0 Å². The first kappa shape index (κ1) is 43.2. The van der Waals surface area contributed by atoms with Crippen LogP contribution < -0.4 is 20.9 Å². The van der Waals surface area contributed by atoms with Crippen LogP contribution in [0, 0.1) is 17.8 Å². The number of ether oxygens (including phenoxy) is 2. The Hall–Kier alpha value is -5.66. The van der Waals surface area contributed by atoms with E-state index < -0.39 is 35.8 Å². The van der Waals surface area contributed by atoms with Crippen LogP contribution in [0.25, 0.3) is 5.65 Å². The number of hydrogen-bond donors (Lipinski definition) is 3. The second-order valence-corrected chi connectivity index (χ2v) is 18.6. The van der Waals surface area contributed by atoms with Gasteiger partial charge in [0.15, 0.2) is 22.9 Å². The minimum Gasteiger partial charge on any atom is -0.384 e. The van der Waals surface area contributed by atoms with Crippen molar-refractivity contribution < 1.29 is 42.2 Å². The van der Waals surface area contributed by atoms with Crippen molar-refractivity contribution in [3.05, 3.63) is 65.2 Å². The molecular weight excluding hydrogens is 843 g/mol. The summed E-state index contributed by atoms with van der Waals surface area (Å²) in [5.41, 5.74) is 1.26. The lowest BCUT2D eigenvalue weighted by Gasteiger charge is -2.37. The van der Waals surface area contributed by atoms with Crippen molar-refractivity contribution in [2.45, 2.75) is 108 Å². The van der Waals surface area contributed by atoms with Gasteiger partial charge in [0.05, 0.1) is 66.3 Å². The number of benzene rings is 1. The molecule has 5 atom stereocenters. The molecule has 0 spiro atoms. The summed E-state index contributed by atoms with van der Waals surface area (Å²) in [5, 5.41) is 16.9. The number of amides is 3. The summed E-state index contributed by atoms with van der Waals surface area (Å²) in [6.07, 6.45) is 9.32. The first-order valence-electron chi connectivity index (χ1n) is 23.0. The van der Waals surface area contributed by atoms with Gasteiger partial charge >= 0.3 is 0 Å². The predicted molar refractivity (Wildman–Crippen MR) is 232 cm³/mol. The molecule has 19 heteroatoms. The van der Waals surface area contributed by atoms with Crippen molar-refractivity contribution in [3.8, 4) is 0 Å². The molecule has 1 aromatic carbocycles. The number of carbonyl (C=O) groups is 5. The van der Waals surface area contributed by atoms with Gasteiger partial charge in [-0.3, -0.25) is 34.0 Å². The molecule has 2 aliphatic carbocycles. The van der Waals surface area contributed by atoms with Crippen LogP contribution in [0.15, 0.2) is 42.9 Å². The number of nitrogens with zero attached hydrogens (tertiary/aromatic N) is 7. The Morgan fingerprint density at radius 1 is 1.00 bits per heavy atom. The Morgan fingerprint density at radius 2 is 1.82 bits per heavy atom. The number of carbonyl (C=O) groups excluding carboxylic acids is 5. The number of ketones is 2. The quantitative estimate of drug-likeness (QED) is 0.110. The van der Waals surface area contributed by atoms with Crippen molar-refractivity contribution >= 4 is 52.1 Å². The number of halogens is 2. The van der Waals surface area contributed by atoms with Crippen molar-refractivity contribution in [3.63, 3.8) is 0 Å². The number of alkyl halides is 2. The number of piperidine rings is 2. The summed E-state index contributed by atoms with van der Waals surface area (Å²) in [6.45, 7) is 6.76. The molecule has 10 rings (SSSR count). The van der Waals surface area contributed by atoms with E-state index in [0.717, 1.165) is 76.9 Å². The fourth-order valence-electron chi connectivity index (χ4n) is 10.9. The van der Waals surface area contributed by atoms with Crippen LogP contribution in [0.2, 0.25) is 0 Å². The van der Waals surface area contributed by atoms with Gasteiger partial charge in [0.1, 0.15) is 11.4 Å². The molecule has 5 fully saturated rings. The number of anilines is 3. The smallest absolute Gasteiger partial charge is 0.284 e. The van der Waals surface area contributed by atoms with Crippen molar-refractivity contribution in [2.24, 2.45) is 17.8 Å². The zero-order valence-corrected chi connectivity index (χ0v) is 36.3. The van der Waals surface area contributed by atoms with Gasteiger partial charge in [-0.2, -0.15) is 10.2 Å². The highest BCUT2D eigenvalue weighted by atomic mass is 19.3. The van der Waals surface area contributed by atoms with Crippen LogP contribution >= 0.6 is 0 Å². The second kappa shape index (κ2) is 18.0. The molecule has 2 unspecified atom stereocenters. The highest BCUT2D eigenvalue weighted by molar-refractivity contribution is 6.30. The molecular formula is C46H54F2N10O7.